The van der Waals surface area contributed by atoms with Crippen LogP contribution in [0.1, 0.15) is 16.8 Å². The van der Waals surface area contributed by atoms with Gasteiger partial charge in [0.05, 0.1) is 10.6 Å². The first kappa shape index (κ1) is 20.0. The van der Waals surface area contributed by atoms with E-state index in [1.807, 2.05) is 12.1 Å². The van der Waals surface area contributed by atoms with Crippen LogP contribution < -0.4 is 4.90 Å². The Morgan fingerprint density at radius 3 is 2.55 bits per heavy atom. The summed E-state index contributed by atoms with van der Waals surface area (Å²) in [6.45, 7) is 3.93. The highest BCUT2D eigenvalue weighted by molar-refractivity contribution is 7.89. The molecule has 0 aliphatic carbocycles. The summed E-state index contributed by atoms with van der Waals surface area (Å²) in [4.78, 5) is 6.87. The van der Waals surface area contributed by atoms with Crippen LogP contribution in [0.5, 0.6) is 0 Å². The van der Waals surface area contributed by atoms with E-state index in [1.54, 1.807) is 11.3 Å². The number of aryl methyl sites for hydroxylation is 1. The lowest BCUT2D eigenvalue weighted by atomic mass is 10.1. The molecule has 1 fully saturated rings. The van der Waals surface area contributed by atoms with Crippen LogP contribution in [0.25, 0.3) is 0 Å². The highest BCUT2D eigenvalue weighted by atomic mass is 32.2. The molecule has 0 unspecified atom stereocenters. The summed E-state index contributed by atoms with van der Waals surface area (Å²) < 4.78 is 40.3. The van der Waals surface area contributed by atoms with Gasteiger partial charge in [-0.05, 0) is 36.2 Å². The molecule has 0 atom stereocenters. The first-order chi connectivity index (χ1) is 13.9. The molecule has 1 aliphatic heterocycles. The quantitative estimate of drug-likeness (QED) is 0.618. The summed E-state index contributed by atoms with van der Waals surface area (Å²) in [7, 11) is -3.68. The van der Waals surface area contributed by atoms with E-state index in [0.29, 0.717) is 26.2 Å². The molecule has 0 N–H and O–H groups in total. The molecule has 0 saturated carbocycles. The summed E-state index contributed by atoms with van der Waals surface area (Å²) in [5, 5.41) is 2.98. The van der Waals surface area contributed by atoms with Gasteiger partial charge in [0, 0.05) is 38.0 Å². The highest BCUT2D eigenvalue weighted by Gasteiger charge is 2.29. The number of hydrogen-bond donors (Lipinski definition) is 0. The van der Waals surface area contributed by atoms with Crippen molar-refractivity contribution < 1.29 is 12.8 Å². The topological polar surface area (TPSA) is 53.5 Å². The third-order valence-electron chi connectivity index (χ3n) is 5.12. The SMILES string of the molecule is Cc1ccccc1Cc1csc(N2CCN(S(=O)(=O)c3cccc(F)c3)CC2)n1. The fraction of sp³-hybridized carbons (Fsp3) is 0.286. The Hall–Kier alpha value is -2.29. The first-order valence-corrected chi connectivity index (χ1v) is 11.7. The van der Waals surface area contributed by atoms with Crippen molar-refractivity contribution in [2.45, 2.75) is 18.2 Å². The number of aromatic nitrogens is 1. The minimum atomic E-state index is -3.68. The van der Waals surface area contributed by atoms with Crippen molar-refractivity contribution in [3.8, 4) is 0 Å². The largest absolute Gasteiger partial charge is 0.345 e. The van der Waals surface area contributed by atoms with Crippen LogP contribution in [0, 0.1) is 12.7 Å². The number of thiazole rings is 1. The maximum atomic E-state index is 13.4. The van der Waals surface area contributed by atoms with Gasteiger partial charge in [0.2, 0.25) is 10.0 Å². The van der Waals surface area contributed by atoms with Crippen molar-refractivity contribution in [2.75, 3.05) is 31.1 Å². The van der Waals surface area contributed by atoms with Crippen molar-refractivity contribution >= 4 is 26.5 Å². The number of piperazine rings is 1. The second-order valence-electron chi connectivity index (χ2n) is 7.07. The summed E-state index contributed by atoms with van der Waals surface area (Å²) in [6.07, 6.45) is 0.789. The summed E-state index contributed by atoms with van der Waals surface area (Å²) in [6, 6.07) is 13.4. The van der Waals surface area contributed by atoms with Gasteiger partial charge in [0.25, 0.3) is 0 Å². The zero-order valence-electron chi connectivity index (χ0n) is 16.1. The van der Waals surface area contributed by atoms with Gasteiger partial charge >= 0.3 is 0 Å². The number of nitrogens with zero attached hydrogens (tertiary/aromatic N) is 3. The van der Waals surface area contributed by atoms with Gasteiger partial charge in [-0.15, -0.1) is 11.3 Å². The predicted molar refractivity (Wildman–Crippen MR) is 113 cm³/mol. The lowest BCUT2D eigenvalue weighted by molar-refractivity contribution is 0.384. The van der Waals surface area contributed by atoms with Crippen LogP contribution in [0.4, 0.5) is 9.52 Å². The third kappa shape index (κ3) is 4.34. The Morgan fingerprint density at radius 1 is 1.07 bits per heavy atom. The average molecular weight is 432 g/mol. The molecule has 0 bridgehead atoms. The molecule has 2 heterocycles. The molecule has 8 heteroatoms. The van der Waals surface area contributed by atoms with Crippen LogP contribution in [0.3, 0.4) is 0 Å². The third-order valence-corrected chi connectivity index (χ3v) is 7.96. The molecule has 5 nitrogen and oxygen atoms in total. The van der Waals surface area contributed by atoms with Crippen molar-refractivity contribution in [1.29, 1.82) is 0 Å². The lowest BCUT2D eigenvalue weighted by Gasteiger charge is -2.33. The van der Waals surface area contributed by atoms with Crippen LogP contribution in [0.2, 0.25) is 0 Å². The number of halogens is 1. The molecule has 1 aromatic heterocycles. The van der Waals surface area contributed by atoms with E-state index in [1.165, 1.54) is 33.6 Å². The minimum absolute atomic E-state index is 0.000663. The van der Waals surface area contributed by atoms with Gasteiger partial charge in [-0.2, -0.15) is 4.31 Å². The van der Waals surface area contributed by atoms with Gasteiger partial charge in [-0.25, -0.2) is 17.8 Å². The normalized spacial score (nSPS) is 15.6. The van der Waals surface area contributed by atoms with Gasteiger partial charge in [-0.3, -0.25) is 0 Å². The molecular weight excluding hydrogens is 409 g/mol. The van der Waals surface area contributed by atoms with E-state index < -0.39 is 15.8 Å². The Bertz CT molecular complexity index is 1110. The molecule has 0 radical (unpaired) electrons. The second-order valence-corrected chi connectivity index (χ2v) is 9.85. The lowest BCUT2D eigenvalue weighted by Crippen LogP contribution is -2.48. The fourth-order valence-electron chi connectivity index (χ4n) is 3.42. The number of benzene rings is 2. The Morgan fingerprint density at radius 2 is 1.83 bits per heavy atom. The average Bonchev–Trinajstić information content (AvgIpc) is 3.18. The minimum Gasteiger partial charge on any atom is -0.345 e. The van der Waals surface area contributed by atoms with E-state index in [2.05, 4.69) is 29.3 Å². The smallest absolute Gasteiger partial charge is 0.243 e. The maximum absolute atomic E-state index is 13.4. The van der Waals surface area contributed by atoms with Crippen LogP contribution in [0.15, 0.2) is 58.8 Å². The molecular formula is C21H22FN3O2S2. The van der Waals surface area contributed by atoms with E-state index >= 15 is 0 Å². The van der Waals surface area contributed by atoms with Gasteiger partial charge in [0.1, 0.15) is 5.82 Å². The molecule has 1 aliphatic rings. The molecule has 1 saturated heterocycles. The van der Waals surface area contributed by atoms with Crippen molar-refractivity contribution in [1.82, 2.24) is 9.29 Å². The van der Waals surface area contributed by atoms with E-state index in [4.69, 9.17) is 4.98 Å². The van der Waals surface area contributed by atoms with Crippen LogP contribution >= 0.6 is 11.3 Å². The summed E-state index contributed by atoms with van der Waals surface area (Å²) in [5.41, 5.74) is 3.53. The predicted octanol–water partition coefficient (Wildman–Crippen LogP) is 3.69. The zero-order chi connectivity index (χ0) is 20.4. The molecule has 0 amide bonds. The maximum Gasteiger partial charge on any atom is 0.243 e. The van der Waals surface area contributed by atoms with Crippen molar-refractivity contribution in [3.05, 3.63) is 76.5 Å². The zero-order valence-corrected chi connectivity index (χ0v) is 17.7. The van der Waals surface area contributed by atoms with E-state index in [-0.39, 0.29) is 4.90 Å². The molecule has 0 spiro atoms. The Kier molecular flexibility index (Phi) is 5.67. The Balaban J connectivity index is 1.41. The van der Waals surface area contributed by atoms with Crippen molar-refractivity contribution in [3.63, 3.8) is 0 Å². The van der Waals surface area contributed by atoms with E-state index in [0.717, 1.165) is 23.3 Å². The highest BCUT2D eigenvalue weighted by Crippen LogP contribution is 2.26. The van der Waals surface area contributed by atoms with Gasteiger partial charge < -0.3 is 4.90 Å². The fourth-order valence-corrected chi connectivity index (χ4v) is 5.76. The van der Waals surface area contributed by atoms with Crippen LogP contribution in [-0.2, 0) is 16.4 Å². The van der Waals surface area contributed by atoms with Gasteiger partial charge in [0.15, 0.2) is 5.13 Å². The standard InChI is InChI=1S/C21H22FN3O2S2/c1-16-5-2-3-6-17(16)13-19-15-28-21(23-19)24-9-11-25(12-10-24)29(26,27)20-8-4-7-18(22)14-20/h2-8,14-15H,9-13H2,1H3. The molecule has 29 heavy (non-hydrogen) atoms. The number of rotatable bonds is 5. The number of sulfonamides is 1. The monoisotopic (exact) mass is 431 g/mol. The first-order valence-electron chi connectivity index (χ1n) is 9.43. The van der Waals surface area contributed by atoms with Gasteiger partial charge in [-0.1, -0.05) is 30.3 Å². The summed E-state index contributed by atoms with van der Waals surface area (Å²) in [5.74, 6) is -0.548. The van der Waals surface area contributed by atoms with E-state index in [9.17, 15) is 12.8 Å². The number of anilines is 1. The molecule has 3 aromatic rings. The molecule has 4 rings (SSSR count). The second kappa shape index (κ2) is 8.22. The molecule has 152 valence electrons. The number of hydrogen-bond acceptors (Lipinski definition) is 5. The van der Waals surface area contributed by atoms with Crippen LogP contribution in [-0.4, -0.2) is 43.9 Å². The Labute approximate surface area is 174 Å². The van der Waals surface area contributed by atoms with Crippen molar-refractivity contribution in [2.24, 2.45) is 0 Å². The summed E-state index contributed by atoms with van der Waals surface area (Å²) >= 11 is 1.59. The molecule has 2 aromatic carbocycles.